The molecular formula is C11H17BrN2. The molecule has 2 nitrogen and oxygen atoms in total. The van der Waals surface area contributed by atoms with Crippen LogP contribution in [0.4, 0.5) is 0 Å². The molecule has 1 rings (SSSR count). The van der Waals surface area contributed by atoms with Crippen molar-refractivity contribution in [3.63, 3.8) is 0 Å². The Balaban J connectivity index is 3.04. The molecule has 2 atom stereocenters. The van der Waals surface area contributed by atoms with Gasteiger partial charge in [-0.2, -0.15) is 0 Å². The molecule has 1 aromatic heterocycles. The van der Waals surface area contributed by atoms with Crippen LogP contribution in [0.2, 0.25) is 0 Å². The minimum atomic E-state index is 0.160. The highest BCUT2D eigenvalue weighted by Crippen LogP contribution is 2.25. The van der Waals surface area contributed by atoms with Crippen LogP contribution in [0.5, 0.6) is 0 Å². The smallest absolute Gasteiger partial charge is 0.0479 e. The van der Waals surface area contributed by atoms with E-state index in [0.717, 1.165) is 16.6 Å². The summed E-state index contributed by atoms with van der Waals surface area (Å²) in [6.07, 6.45) is 2.88. The number of aromatic nitrogens is 1. The van der Waals surface area contributed by atoms with Gasteiger partial charge in [0.2, 0.25) is 0 Å². The molecule has 0 radical (unpaired) electrons. The SMILES string of the molecule is CCC(c1ncc(Br)cc1C)C(C)N. The van der Waals surface area contributed by atoms with Crippen LogP contribution in [0, 0.1) is 6.92 Å². The van der Waals surface area contributed by atoms with Gasteiger partial charge in [-0.3, -0.25) is 4.98 Å². The first-order valence-corrected chi connectivity index (χ1v) is 5.73. The molecule has 0 saturated heterocycles. The van der Waals surface area contributed by atoms with Gasteiger partial charge in [0.1, 0.15) is 0 Å². The molecule has 78 valence electrons. The van der Waals surface area contributed by atoms with Crippen LogP contribution in [0.25, 0.3) is 0 Å². The van der Waals surface area contributed by atoms with Crippen LogP contribution in [-0.4, -0.2) is 11.0 Å². The van der Waals surface area contributed by atoms with Crippen molar-refractivity contribution in [2.45, 2.75) is 39.2 Å². The lowest BCUT2D eigenvalue weighted by Gasteiger charge is -2.20. The zero-order valence-electron chi connectivity index (χ0n) is 8.92. The van der Waals surface area contributed by atoms with Crippen LogP contribution in [0.15, 0.2) is 16.7 Å². The number of aryl methyl sites for hydroxylation is 1. The molecular weight excluding hydrogens is 240 g/mol. The largest absolute Gasteiger partial charge is 0.327 e. The Kier molecular flexibility index (Phi) is 4.08. The molecule has 1 heterocycles. The van der Waals surface area contributed by atoms with Crippen LogP contribution < -0.4 is 5.73 Å². The quantitative estimate of drug-likeness (QED) is 0.904. The van der Waals surface area contributed by atoms with Crippen LogP contribution in [0.1, 0.15) is 37.4 Å². The molecule has 0 aliphatic rings. The maximum Gasteiger partial charge on any atom is 0.0479 e. The van der Waals surface area contributed by atoms with E-state index < -0.39 is 0 Å². The topological polar surface area (TPSA) is 38.9 Å². The number of hydrogen-bond donors (Lipinski definition) is 1. The number of hydrogen-bond acceptors (Lipinski definition) is 2. The van der Waals surface area contributed by atoms with Crippen LogP contribution >= 0.6 is 15.9 Å². The Hall–Kier alpha value is -0.410. The third kappa shape index (κ3) is 2.55. The fraction of sp³-hybridized carbons (Fsp3) is 0.545. The van der Waals surface area contributed by atoms with Gasteiger partial charge in [0.15, 0.2) is 0 Å². The first-order chi connectivity index (χ1) is 6.56. The van der Waals surface area contributed by atoms with Gasteiger partial charge in [0, 0.05) is 28.3 Å². The molecule has 0 spiro atoms. The Morgan fingerprint density at radius 1 is 1.57 bits per heavy atom. The molecule has 0 amide bonds. The number of nitrogens with two attached hydrogens (primary N) is 1. The maximum atomic E-state index is 5.93. The van der Waals surface area contributed by atoms with Crippen molar-refractivity contribution in [3.05, 3.63) is 28.0 Å². The highest BCUT2D eigenvalue weighted by Gasteiger charge is 2.17. The van der Waals surface area contributed by atoms with E-state index in [-0.39, 0.29) is 6.04 Å². The van der Waals surface area contributed by atoms with Crippen molar-refractivity contribution in [2.24, 2.45) is 5.73 Å². The van der Waals surface area contributed by atoms with E-state index in [9.17, 15) is 0 Å². The van der Waals surface area contributed by atoms with Gasteiger partial charge in [-0.15, -0.1) is 0 Å². The monoisotopic (exact) mass is 256 g/mol. The molecule has 0 aliphatic heterocycles. The summed E-state index contributed by atoms with van der Waals surface area (Å²) in [7, 11) is 0. The fourth-order valence-electron chi connectivity index (χ4n) is 1.75. The minimum absolute atomic E-state index is 0.160. The number of pyridine rings is 1. The maximum absolute atomic E-state index is 5.93. The van der Waals surface area contributed by atoms with Crippen LogP contribution in [-0.2, 0) is 0 Å². The summed E-state index contributed by atoms with van der Waals surface area (Å²) < 4.78 is 1.03. The standard InChI is InChI=1S/C11H17BrN2/c1-4-10(8(3)13)11-7(2)5-9(12)6-14-11/h5-6,8,10H,4,13H2,1-3H3. The summed E-state index contributed by atoms with van der Waals surface area (Å²) in [5, 5.41) is 0. The molecule has 0 fully saturated rings. The van der Waals surface area contributed by atoms with Crippen molar-refractivity contribution in [2.75, 3.05) is 0 Å². The second-order valence-corrected chi connectivity index (χ2v) is 4.65. The van der Waals surface area contributed by atoms with E-state index in [2.05, 4.69) is 40.8 Å². The summed E-state index contributed by atoms with van der Waals surface area (Å²) in [4.78, 5) is 4.44. The third-order valence-corrected chi connectivity index (χ3v) is 2.94. The van der Waals surface area contributed by atoms with Crippen molar-refractivity contribution >= 4 is 15.9 Å². The van der Waals surface area contributed by atoms with E-state index in [1.54, 1.807) is 0 Å². The molecule has 0 bridgehead atoms. The van der Waals surface area contributed by atoms with E-state index in [1.807, 2.05) is 13.1 Å². The van der Waals surface area contributed by atoms with Crippen molar-refractivity contribution in [1.82, 2.24) is 4.98 Å². The van der Waals surface area contributed by atoms with Gasteiger partial charge in [-0.25, -0.2) is 0 Å². The summed E-state index contributed by atoms with van der Waals surface area (Å²) in [5.41, 5.74) is 8.28. The minimum Gasteiger partial charge on any atom is -0.327 e. The highest BCUT2D eigenvalue weighted by molar-refractivity contribution is 9.10. The number of nitrogens with zero attached hydrogens (tertiary/aromatic N) is 1. The van der Waals surface area contributed by atoms with Crippen molar-refractivity contribution in [3.8, 4) is 0 Å². The second kappa shape index (κ2) is 4.89. The first-order valence-electron chi connectivity index (χ1n) is 4.93. The predicted octanol–water partition coefficient (Wildman–Crippen LogP) is 2.99. The number of halogens is 1. The molecule has 14 heavy (non-hydrogen) atoms. The lowest BCUT2D eigenvalue weighted by atomic mass is 9.92. The summed E-state index contributed by atoms with van der Waals surface area (Å²) in [6, 6.07) is 2.25. The summed E-state index contributed by atoms with van der Waals surface area (Å²) in [5.74, 6) is 0.364. The lowest BCUT2D eigenvalue weighted by Crippen LogP contribution is -2.25. The van der Waals surface area contributed by atoms with E-state index in [1.165, 1.54) is 5.56 Å². The molecule has 2 unspecified atom stereocenters. The van der Waals surface area contributed by atoms with Crippen LogP contribution in [0.3, 0.4) is 0 Å². The third-order valence-electron chi connectivity index (χ3n) is 2.51. The van der Waals surface area contributed by atoms with Gasteiger partial charge in [0.25, 0.3) is 0 Å². The number of rotatable bonds is 3. The van der Waals surface area contributed by atoms with Gasteiger partial charge >= 0.3 is 0 Å². The normalized spacial score (nSPS) is 15.2. The molecule has 3 heteroatoms. The van der Waals surface area contributed by atoms with E-state index >= 15 is 0 Å². The average molecular weight is 257 g/mol. The zero-order valence-corrected chi connectivity index (χ0v) is 10.5. The predicted molar refractivity (Wildman–Crippen MR) is 63.4 cm³/mol. The van der Waals surface area contributed by atoms with Gasteiger partial charge in [0.05, 0.1) is 0 Å². The summed E-state index contributed by atoms with van der Waals surface area (Å²) in [6.45, 7) is 6.27. The molecule has 0 aromatic carbocycles. The molecule has 0 aliphatic carbocycles. The zero-order chi connectivity index (χ0) is 10.7. The van der Waals surface area contributed by atoms with Crippen molar-refractivity contribution < 1.29 is 0 Å². The Labute approximate surface area is 94.0 Å². The van der Waals surface area contributed by atoms with Gasteiger partial charge in [-0.05, 0) is 47.8 Å². The average Bonchev–Trinajstić information content (AvgIpc) is 2.09. The second-order valence-electron chi connectivity index (χ2n) is 3.73. The summed E-state index contributed by atoms with van der Waals surface area (Å²) >= 11 is 3.41. The van der Waals surface area contributed by atoms with Gasteiger partial charge < -0.3 is 5.73 Å². The molecule has 1 aromatic rings. The Morgan fingerprint density at radius 3 is 2.64 bits per heavy atom. The van der Waals surface area contributed by atoms with Gasteiger partial charge in [-0.1, -0.05) is 6.92 Å². The first kappa shape index (κ1) is 11.7. The Bertz CT molecular complexity index is 310. The lowest BCUT2D eigenvalue weighted by molar-refractivity contribution is 0.537. The Morgan fingerprint density at radius 2 is 2.21 bits per heavy atom. The molecule has 0 saturated carbocycles. The van der Waals surface area contributed by atoms with E-state index in [0.29, 0.717) is 5.92 Å². The van der Waals surface area contributed by atoms with E-state index in [4.69, 9.17) is 5.73 Å². The highest BCUT2D eigenvalue weighted by atomic mass is 79.9. The van der Waals surface area contributed by atoms with Crippen molar-refractivity contribution in [1.29, 1.82) is 0 Å². The fourth-order valence-corrected chi connectivity index (χ4v) is 2.20. The molecule has 2 N–H and O–H groups in total.